The zero-order valence-corrected chi connectivity index (χ0v) is 16.9. The number of methoxy groups -OCH3 is 1. The second-order valence-electron chi connectivity index (χ2n) is 5.70. The van der Waals surface area contributed by atoms with Crippen molar-refractivity contribution in [3.63, 3.8) is 0 Å². The number of para-hydroxylation sites is 2. The van der Waals surface area contributed by atoms with Crippen molar-refractivity contribution in [2.75, 3.05) is 12.4 Å². The second kappa shape index (κ2) is 7.95. The Bertz CT molecular complexity index is 1260. The minimum atomic E-state index is -0.463. The van der Waals surface area contributed by atoms with Crippen molar-refractivity contribution in [1.82, 2.24) is 14.4 Å². The van der Waals surface area contributed by atoms with Gasteiger partial charge in [-0.1, -0.05) is 24.3 Å². The van der Waals surface area contributed by atoms with Crippen LogP contribution in [0.5, 0.6) is 0 Å². The van der Waals surface area contributed by atoms with Crippen LogP contribution in [0.2, 0.25) is 0 Å². The van der Waals surface area contributed by atoms with E-state index in [9.17, 15) is 9.59 Å². The molecule has 4 rings (SSSR count). The van der Waals surface area contributed by atoms with E-state index in [0.717, 1.165) is 0 Å². The third-order valence-corrected chi connectivity index (χ3v) is 4.64. The predicted octanol–water partition coefficient (Wildman–Crippen LogP) is 0.539. The molecule has 142 valence electrons. The highest BCUT2D eigenvalue weighted by Crippen LogP contribution is 2.26. The average Bonchev–Trinajstić information content (AvgIpc) is 2.69. The van der Waals surface area contributed by atoms with Gasteiger partial charge < -0.3 is 22.5 Å². The Labute approximate surface area is 173 Å². The van der Waals surface area contributed by atoms with E-state index >= 15 is 0 Å². The molecule has 0 atom stereocenters. The largest absolute Gasteiger partial charge is 1.00 e. The number of hydrogen-bond donors (Lipinski definition) is 1. The molecule has 2 aromatic heterocycles. The molecule has 0 spiro atoms. The Morgan fingerprint density at radius 3 is 2.61 bits per heavy atom. The van der Waals surface area contributed by atoms with Crippen molar-refractivity contribution in [2.45, 2.75) is 0 Å². The van der Waals surface area contributed by atoms with E-state index in [1.54, 1.807) is 48.7 Å². The predicted molar refractivity (Wildman–Crippen MR) is 106 cm³/mol. The Balaban J connectivity index is 0.00000225. The lowest BCUT2D eigenvalue weighted by atomic mass is 10.2. The van der Waals surface area contributed by atoms with Gasteiger partial charge in [0, 0.05) is 6.20 Å². The maximum absolute atomic E-state index is 12.7. The topological polar surface area (TPSA) is 85.6 Å². The number of benzene rings is 2. The van der Waals surface area contributed by atoms with Crippen LogP contribution < -0.4 is 23.3 Å². The van der Waals surface area contributed by atoms with Gasteiger partial charge >= 0.3 is 5.97 Å². The lowest BCUT2D eigenvalue weighted by Crippen LogP contribution is -3.00. The number of hydrogen-bond acceptors (Lipinski definition) is 6. The summed E-state index contributed by atoms with van der Waals surface area (Å²) in [7, 11) is 1.32. The van der Waals surface area contributed by atoms with Crippen LogP contribution in [-0.2, 0) is 4.74 Å². The number of carbonyl (C=O) groups excluding carboxylic acids is 1. The fraction of sp³-hybridized carbons (Fsp3) is 0.0526. The molecule has 0 saturated carbocycles. The van der Waals surface area contributed by atoms with E-state index in [-0.39, 0.29) is 23.7 Å². The third-order valence-electron chi connectivity index (χ3n) is 4.06. The molecule has 4 aromatic rings. The minimum Gasteiger partial charge on any atom is -1.00 e. The van der Waals surface area contributed by atoms with E-state index in [1.807, 2.05) is 6.07 Å². The summed E-state index contributed by atoms with van der Waals surface area (Å²) in [4.78, 5) is 33.5. The normalized spacial score (nSPS) is 10.5. The highest BCUT2D eigenvalue weighted by Gasteiger charge is 2.14. The SMILES string of the molecule is COC(=O)c1ccccc1Nc1nc2nc3ccccc3c(=O)n2cc1Br.[Cl-]. The van der Waals surface area contributed by atoms with Gasteiger partial charge in [-0.25, -0.2) is 9.78 Å². The fourth-order valence-corrected chi connectivity index (χ4v) is 3.15. The summed E-state index contributed by atoms with van der Waals surface area (Å²) >= 11 is 3.42. The van der Waals surface area contributed by atoms with Crippen LogP contribution >= 0.6 is 15.9 Å². The summed E-state index contributed by atoms with van der Waals surface area (Å²) in [5.41, 5.74) is 1.27. The Morgan fingerprint density at radius 1 is 1.11 bits per heavy atom. The van der Waals surface area contributed by atoms with Crippen molar-refractivity contribution in [2.24, 2.45) is 0 Å². The van der Waals surface area contributed by atoms with Gasteiger partial charge in [-0.05, 0) is 40.2 Å². The molecule has 0 radical (unpaired) electrons. The number of nitrogens with zero attached hydrogens (tertiary/aromatic N) is 3. The molecule has 7 nitrogen and oxygen atoms in total. The molecule has 0 saturated heterocycles. The first-order chi connectivity index (χ1) is 13.1. The van der Waals surface area contributed by atoms with Crippen LogP contribution in [0.25, 0.3) is 16.7 Å². The lowest BCUT2D eigenvalue weighted by molar-refractivity contribution is -0.0000202. The molecule has 0 unspecified atom stereocenters. The van der Waals surface area contributed by atoms with Crippen molar-refractivity contribution in [3.8, 4) is 0 Å². The summed E-state index contributed by atoms with van der Waals surface area (Å²) in [5, 5.41) is 3.62. The molecular weight excluding hydrogens is 448 g/mol. The van der Waals surface area contributed by atoms with Crippen molar-refractivity contribution in [1.29, 1.82) is 0 Å². The third kappa shape index (κ3) is 3.44. The number of rotatable bonds is 3. The minimum absolute atomic E-state index is 0. The number of carbonyl (C=O) groups is 1. The van der Waals surface area contributed by atoms with Gasteiger partial charge in [0.1, 0.15) is 5.82 Å². The molecule has 0 aliphatic heterocycles. The number of fused-ring (bicyclic) bond motifs is 2. The van der Waals surface area contributed by atoms with E-state index < -0.39 is 5.97 Å². The average molecular weight is 461 g/mol. The first-order valence-electron chi connectivity index (χ1n) is 8.00. The van der Waals surface area contributed by atoms with Crippen molar-refractivity contribution < 1.29 is 21.9 Å². The number of ether oxygens (including phenoxy) is 1. The maximum atomic E-state index is 12.7. The van der Waals surface area contributed by atoms with Crippen LogP contribution in [0.15, 0.2) is 64.0 Å². The van der Waals surface area contributed by atoms with Gasteiger partial charge in [0.05, 0.1) is 33.7 Å². The van der Waals surface area contributed by atoms with Crippen LogP contribution in [-0.4, -0.2) is 27.4 Å². The highest BCUT2D eigenvalue weighted by molar-refractivity contribution is 9.10. The van der Waals surface area contributed by atoms with E-state index in [1.165, 1.54) is 11.5 Å². The molecular formula is C19H13BrClN4O3-. The Kier molecular flexibility index (Phi) is 5.62. The number of nitrogens with one attached hydrogen (secondary N) is 1. The summed E-state index contributed by atoms with van der Waals surface area (Å²) in [6.07, 6.45) is 1.60. The first kappa shape index (κ1) is 19.8. The zero-order valence-electron chi connectivity index (χ0n) is 14.5. The highest BCUT2D eigenvalue weighted by atomic mass is 79.9. The Morgan fingerprint density at radius 2 is 1.82 bits per heavy atom. The summed E-state index contributed by atoms with van der Waals surface area (Å²) < 4.78 is 6.74. The lowest BCUT2D eigenvalue weighted by Gasteiger charge is -2.12. The quantitative estimate of drug-likeness (QED) is 0.355. The van der Waals surface area contributed by atoms with E-state index in [2.05, 4.69) is 31.2 Å². The molecule has 0 fully saturated rings. The molecule has 9 heteroatoms. The van der Waals surface area contributed by atoms with Crippen molar-refractivity contribution >= 4 is 50.1 Å². The van der Waals surface area contributed by atoms with Crippen molar-refractivity contribution in [3.05, 3.63) is 75.1 Å². The summed E-state index contributed by atoms with van der Waals surface area (Å²) in [6.45, 7) is 0. The van der Waals surface area contributed by atoms with E-state index in [4.69, 9.17) is 4.74 Å². The molecule has 0 aliphatic rings. The molecule has 0 amide bonds. The molecule has 0 aliphatic carbocycles. The molecule has 2 aromatic carbocycles. The standard InChI is InChI=1S/C19H13BrN4O3.ClH/c1-27-18(26)12-7-3-5-9-15(12)21-16-13(20)10-24-17(25)11-6-2-4-8-14(11)22-19(24)23-16;/h2-10H,1H3,(H,21,22,23);1H/p-1. The molecule has 1 N–H and O–H groups in total. The maximum Gasteiger partial charge on any atom is 0.339 e. The molecule has 28 heavy (non-hydrogen) atoms. The molecule has 0 bridgehead atoms. The first-order valence-corrected chi connectivity index (χ1v) is 8.80. The van der Waals surface area contributed by atoms with Crippen LogP contribution in [0.1, 0.15) is 10.4 Å². The van der Waals surface area contributed by atoms with Gasteiger partial charge in [-0.3, -0.25) is 9.20 Å². The van der Waals surface area contributed by atoms with Crippen LogP contribution in [0.3, 0.4) is 0 Å². The van der Waals surface area contributed by atoms with Crippen LogP contribution in [0.4, 0.5) is 11.5 Å². The van der Waals surface area contributed by atoms with Gasteiger partial charge in [0.15, 0.2) is 0 Å². The monoisotopic (exact) mass is 459 g/mol. The number of aromatic nitrogens is 3. The summed E-state index contributed by atoms with van der Waals surface area (Å²) in [6, 6.07) is 14.0. The summed E-state index contributed by atoms with van der Waals surface area (Å²) in [5.74, 6) is 0.212. The van der Waals surface area contributed by atoms with Gasteiger partial charge in [0.2, 0.25) is 5.78 Å². The number of anilines is 2. The van der Waals surface area contributed by atoms with Gasteiger partial charge in [-0.15, -0.1) is 0 Å². The number of esters is 1. The molecule has 2 heterocycles. The smallest absolute Gasteiger partial charge is 0.339 e. The van der Waals surface area contributed by atoms with Gasteiger partial charge in [0.25, 0.3) is 5.56 Å². The number of halogens is 2. The van der Waals surface area contributed by atoms with E-state index in [0.29, 0.717) is 32.4 Å². The Hall–Kier alpha value is -2.97. The zero-order chi connectivity index (χ0) is 19.0. The van der Waals surface area contributed by atoms with Gasteiger partial charge in [-0.2, -0.15) is 4.98 Å². The van der Waals surface area contributed by atoms with Crippen LogP contribution in [0, 0.1) is 0 Å². The second-order valence-corrected chi connectivity index (χ2v) is 6.56. The fourth-order valence-electron chi connectivity index (χ4n) is 2.75.